The highest BCUT2D eigenvalue weighted by Crippen LogP contribution is 2.07. The number of nitrogens with one attached hydrogen (secondary N) is 1. The van der Waals surface area contributed by atoms with Crippen LogP contribution in [0.15, 0.2) is 12.2 Å². The van der Waals surface area contributed by atoms with Crippen LogP contribution >= 0.6 is 0 Å². The van der Waals surface area contributed by atoms with E-state index in [4.69, 9.17) is 0 Å². The van der Waals surface area contributed by atoms with Crippen LogP contribution in [0.4, 0.5) is 0 Å². The highest BCUT2D eigenvalue weighted by molar-refractivity contribution is 4.84. The monoisotopic (exact) mass is 196 g/mol. The lowest BCUT2D eigenvalue weighted by molar-refractivity contribution is 0.274. The van der Waals surface area contributed by atoms with Crippen LogP contribution in [-0.4, -0.2) is 37.1 Å². The molecule has 0 aromatic carbocycles. The lowest BCUT2D eigenvalue weighted by Crippen LogP contribution is -2.38. The van der Waals surface area contributed by atoms with Gasteiger partial charge in [0.15, 0.2) is 0 Å². The zero-order chi connectivity index (χ0) is 10.2. The van der Waals surface area contributed by atoms with Crippen LogP contribution in [-0.2, 0) is 0 Å². The maximum Gasteiger partial charge on any atom is 0.0195 e. The molecule has 1 unspecified atom stereocenters. The van der Waals surface area contributed by atoms with E-state index in [0.717, 1.165) is 12.6 Å². The Hall–Kier alpha value is -0.340. The van der Waals surface area contributed by atoms with E-state index in [0.29, 0.717) is 0 Å². The third-order valence-corrected chi connectivity index (χ3v) is 2.78. The number of rotatable bonds is 6. The molecule has 0 saturated carbocycles. The molecule has 2 heteroatoms. The summed E-state index contributed by atoms with van der Waals surface area (Å²) in [5.41, 5.74) is 0. The molecule has 0 aromatic heterocycles. The minimum absolute atomic E-state index is 0.742. The Morgan fingerprint density at radius 3 is 2.93 bits per heavy atom. The Kier molecular flexibility index (Phi) is 5.88. The molecule has 1 atom stereocenters. The van der Waals surface area contributed by atoms with Crippen LogP contribution in [0.2, 0.25) is 0 Å². The van der Waals surface area contributed by atoms with Crippen molar-refractivity contribution >= 4 is 0 Å². The molecule has 2 nitrogen and oxygen atoms in total. The molecule has 1 aliphatic rings. The molecule has 1 aliphatic heterocycles. The predicted octanol–water partition coefficient (Wildman–Crippen LogP) is 2.03. The molecule has 1 rings (SSSR count). The molecule has 0 amide bonds. The van der Waals surface area contributed by atoms with Crippen LogP contribution in [0.25, 0.3) is 0 Å². The van der Waals surface area contributed by atoms with Gasteiger partial charge in [0.2, 0.25) is 0 Å². The summed E-state index contributed by atoms with van der Waals surface area (Å²) < 4.78 is 0. The van der Waals surface area contributed by atoms with Crippen LogP contribution < -0.4 is 5.32 Å². The molecule has 0 bridgehead atoms. The normalized spacial score (nSPS) is 22.6. The van der Waals surface area contributed by atoms with E-state index >= 15 is 0 Å². The van der Waals surface area contributed by atoms with Gasteiger partial charge in [0.05, 0.1) is 0 Å². The Labute approximate surface area is 88.4 Å². The predicted molar refractivity (Wildman–Crippen MR) is 62.6 cm³/mol. The maximum absolute atomic E-state index is 3.56. The lowest BCUT2D eigenvalue weighted by Gasteiger charge is -2.23. The largest absolute Gasteiger partial charge is 0.313 e. The minimum Gasteiger partial charge on any atom is -0.313 e. The Morgan fingerprint density at radius 2 is 2.36 bits per heavy atom. The molecule has 1 fully saturated rings. The fourth-order valence-corrected chi connectivity index (χ4v) is 2.05. The number of hydrogen-bond donors (Lipinski definition) is 1. The van der Waals surface area contributed by atoms with Gasteiger partial charge >= 0.3 is 0 Å². The van der Waals surface area contributed by atoms with E-state index in [1.54, 1.807) is 0 Å². The van der Waals surface area contributed by atoms with E-state index in [1.165, 1.54) is 38.9 Å². The van der Waals surface area contributed by atoms with Crippen molar-refractivity contribution in [2.45, 2.75) is 39.2 Å². The van der Waals surface area contributed by atoms with E-state index < -0.39 is 0 Å². The molecular weight excluding hydrogens is 172 g/mol. The molecule has 0 aliphatic carbocycles. The maximum atomic E-state index is 3.56. The molecule has 0 radical (unpaired) electrons. The van der Waals surface area contributed by atoms with Crippen molar-refractivity contribution in [3.8, 4) is 0 Å². The summed E-state index contributed by atoms with van der Waals surface area (Å²) in [6, 6.07) is 0.742. The second-order valence-electron chi connectivity index (χ2n) is 4.12. The molecule has 1 saturated heterocycles. The molecule has 1 N–H and O–H groups in total. The van der Waals surface area contributed by atoms with Gasteiger partial charge in [-0.15, -0.1) is 0 Å². The first-order chi connectivity index (χ1) is 6.86. The molecular formula is C12H24N2. The SMILES string of the molecule is C/C=C/CN(CCC)CC1CCCN1. The first kappa shape index (κ1) is 11.7. The van der Waals surface area contributed by atoms with Gasteiger partial charge in [-0.3, -0.25) is 4.90 Å². The summed E-state index contributed by atoms with van der Waals surface area (Å²) >= 11 is 0. The van der Waals surface area contributed by atoms with Crippen molar-refractivity contribution in [2.24, 2.45) is 0 Å². The molecule has 82 valence electrons. The van der Waals surface area contributed by atoms with E-state index in [-0.39, 0.29) is 0 Å². The number of nitrogens with zero attached hydrogens (tertiary/aromatic N) is 1. The Bertz CT molecular complexity index is 160. The van der Waals surface area contributed by atoms with Gasteiger partial charge < -0.3 is 5.32 Å². The van der Waals surface area contributed by atoms with Crippen molar-refractivity contribution in [3.05, 3.63) is 12.2 Å². The van der Waals surface area contributed by atoms with Gasteiger partial charge in [-0.05, 0) is 39.3 Å². The molecule has 0 spiro atoms. The second-order valence-corrected chi connectivity index (χ2v) is 4.12. The standard InChI is InChI=1S/C12H24N2/c1-3-5-10-14(9-4-2)11-12-7-6-8-13-12/h3,5,12-13H,4,6-11H2,1-2H3/b5-3+. The van der Waals surface area contributed by atoms with Crippen LogP contribution in [0.3, 0.4) is 0 Å². The van der Waals surface area contributed by atoms with Crippen molar-refractivity contribution in [1.82, 2.24) is 10.2 Å². The van der Waals surface area contributed by atoms with Crippen LogP contribution in [0, 0.1) is 0 Å². The fourth-order valence-electron chi connectivity index (χ4n) is 2.05. The second kappa shape index (κ2) is 7.02. The molecule has 1 heterocycles. The average Bonchev–Trinajstić information content (AvgIpc) is 2.67. The van der Waals surface area contributed by atoms with Crippen LogP contribution in [0.5, 0.6) is 0 Å². The van der Waals surface area contributed by atoms with E-state index in [2.05, 4.69) is 36.2 Å². The number of allylic oxidation sites excluding steroid dienone is 1. The molecule has 14 heavy (non-hydrogen) atoms. The summed E-state index contributed by atoms with van der Waals surface area (Å²) in [4.78, 5) is 2.54. The first-order valence-corrected chi connectivity index (χ1v) is 5.93. The fraction of sp³-hybridized carbons (Fsp3) is 0.833. The number of hydrogen-bond acceptors (Lipinski definition) is 2. The average molecular weight is 196 g/mol. The van der Waals surface area contributed by atoms with E-state index in [9.17, 15) is 0 Å². The smallest absolute Gasteiger partial charge is 0.0195 e. The van der Waals surface area contributed by atoms with Gasteiger partial charge in [-0.1, -0.05) is 19.1 Å². The third-order valence-electron chi connectivity index (χ3n) is 2.78. The Morgan fingerprint density at radius 1 is 1.50 bits per heavy atom. The van der Waals surface area contributed by atoms with Gasteiger partial charge in [0.1, 0.15) is 0 Å². The van der Waals surface area contributed by atoms with Gasteiger partial charge in [-0.2, -0.15) is 0 Å². The van der Waals surface area contributed by atoms with Crippen molar-refractivity contribution in [1.29, 1.82) is 0 Å². The van der Waals surface area contributed by atoms with Gasteiger partial charge in [0, 0.05) is 19.1 Å². The first-order valence-electron chi connectivity index (χ1n) is 5.93. The van der Waals surface area contributed by atoms with E-state index in [1.807, 2.05) is 0 Å². The zero-order valence-electron chi connectivity index (χ0n) is 9.63. The summed E-state index contributed by atoms with van der Waals surface area (Å²) in [6.07, 6.45) is 8.37. The highest BCUT2D eigenvalue weighted by Gasteiger charge is 2.16. The lowest BCUT2D eigenvalue weighted by atomic mass is 10.2. The third kappa shape index (κ3) is 4.25. The van der Waals surface area contributed by atoms with Gasteiger partial charge in [0.25, 0.3) is 0 Å². The van der Waals surface area contributed by atoms with Crippen molar-refractivity contribution in [3.63, 3.8) is 0 Å². The zero-order valence-corrected chi connectivity index (χ0v) is 9.63. The summed E-state index contributed by atoms with van der Waals surface area (Å²) in [5.74, 6) is 0. The Balaban J connectivity index is 2.25. The molecule has 0 aromatic rings. The topological polar surface area (TPSA) is 15.3 Å². The quantitative estimate of drug-likeness (QED) is 0.654. The highest BCUT2D eigenvalue weighted by atomic mass is 15.1. The van der Waals surface area contributed by atoms with Crippen molar-refractivity contribution < 1.29 is 0 Å². The summed E-state index contributed by atoms with van der Waals surface area (Å²) in [7, 11) is 0. The minimum atomic E-state index is 0.742. The van der Waals surface area contributed by atoms with Crippen LogP contribution in [0.1, 0.15) is 33.1 Å². The summed E-state index contributed by atoms with van der Waals surface area (Å²) in [6.45, 7) is 9.13. The summed E-state index contributed by atoms with van der Waals surface area (Å²) in [5, 5.41) is 3.56. The van der Waals surface area contributed by atoms with Gasteiger partial charge in [-0.25, -0.2) is 0 Å². The van der Waals surface area contributed by atoms with Crippen molar-refractivity contribution in [2.75, 3.05) is 26.2 Å².